The van der Waals surface area contributed by atoms with E-state index >= 15 is 0 Å². The Balaban J connectivity index is 1.86. The van der Waals surface area contributed by atoms with Crippen molar-refractivity contribution in [1.29, 1.82) is 0 Å². The molecule has 1 saturated carbocycles. The Labute approximate surface area is 153 Å². The first kappa shape index (κ1) is 20.3. The number of carbonyl (C=O) groups excluding carboxylic acids is 2. The lowest BCUT2D eigenvalue weighted by molar-refractivity contribution is -0.124. The van der Waals surface area contributed by atoms with E-state index < -0.39 is 23.2 Å². The molecule has 2 N–H and O–H groups in total. The topological polar surface area (TPSA) is 61.4 Å². The van der Waals surface area contributed by atoms with Crippen molar-refractivity contribution in [2.24, 2.45) is 5.92 Å². The second kappa shape index (κ2) is 9.62. The van der Waals surface area contributed by atoms with Gasteiger partial charge in [-0.1, -0.05) is 32.8 Å². The molecule has 144 valence electrons. The van der Waals surface area contributed by atoms with Gasteiger partial charge < -0.3 is 10.6 Å². The van der Waals surface area contributed by atoms with Crippen LogP contribution in [0.4, 0.5) is 14.5 Å². The summed E-state index contributed by atoms with van der Waals surface area (Å²) in [4.78, 5) is 26.0. The van der Waals surface area contributed by atoms with Crippen molar-refractivity contribution >= 4 is 17.5 Å². The molecule has 1 aliphatic rings. The molecule has 0 aliphatic heterocycles. The largest absolute Gasteiger partial charge is 0.352 e. The monoisotopic (exact) mass is 367 g/mol. The highest BCUT2D eigenvalue weighted by atomic mass is 19.1. The van der Waals surface area contributed by atoms with Crippen LogP contribution in [0.5, 0.6) is 0 Å². The number of nitrogens with one attached hydrogen (secondary N) is 2. The van der Waals surface area contributed by atoms with Gasteiger partial charge in [0.25, 0.3) is 0 Å². The molecule has 1 aromatic carbocycles. The number of amides is 2. The number of likely N-dealkylation sites (N-methyl/N-ethyl adjacent to an activating group) is 1. The summed E-state index contributed by atoms with van der Waals surface area (Å²) < 4.78 is 27.2. The second-order valence-electron chi connectivity index (χ2n) is 6.88. The van der Waals surface area contributed by atoms with Crippen LogP contribution in [-0.2, 0) is 9.59 Å². The van der Waals surface area contributed by atoms with Crippen LogP contribution < -0.4 is 10.6 Å². The fourth-order valence-electron chi connectivity index (χ4n) is 3.26. The number of para-hydroxylation sites is 1. The van der Waals surface area contributed by atoms with Crippen LogP contribution in [0.3, 0.4) is 0 Å². The molecule has 2 amide bonds. The summed E-state index contributed by atoms with van der Waals surface area (Å²) in [6.07, 6.45) is 4.40. The number of nitrogens with zero attached hydrogens (tertiary/aromatic N) is 1. The van der Waals surface area contributed by atoms with Crippen molar-refractivity contribution < 1.29 is 18.4 Å². The average Bonchev–Trinajstić information content (AvgIpc) is 2.59. The van der Waals surface area contributed by atoms with Gasteiger partial charge in [-0.2, -0.15) is 0 Å². The van der Waals surface area contributed by atoms with E-state index in [0.29, 0.717) is 12.5 Å². The van der Waals surface area contributed by atoms with Gasteiger partial charge in [0.15, 0.2) is 0 Å². The first-order valence-corrected chi connectivity index (χ1v) is 9.16. The maximum Gasteiger partial charge on any atom is 0.238 e. The quantitative estimate of drug-likeness (QED) is 0.779. The molecular formula is C19H27F2N3O2. The maximum absolute atomic E-state index is 13.6. The van der Waals surface area contributed by atoms with Crippen LogP contribution >= 0.6 is 0 Å². The Kier molecular flexibility index (Phi) is 7.50. The van der Waals surface area contributed by atoms with Crippen LogP contribution in [0, 0.1) is 17.6 Å². The minimum Gasteiger partial charge on any atom is -0.352 e. The van der Waals surface area contributed by atoms with Gasteiger partial charge in [-0.3, -0.25) is 14.5 Å². The van der Waals surface area contributed by atoms with Gasteiger partial charge in [0, 0.05) is 6.04 Å². The number of rotatable bonds is 7. The van der Waals surface area contributed by atoms with Crippen LogP contribution in [0.1, 0.15) is 39.5 Å². The van der Waals surface area contributed by atoms with E-state index in [-0.39, 0.29) is 25.0 Å². The molecule has 5 nitrogen and oxygen atoms in total. The lowest BCUT2D eigenvalue weighted by Gasteiger charge is -2.30. The molecule has 2 rings (SSSR count). The van der Waals surface area contributed by atoms with E-state index in [1.165, 1.54) is 12.5 Å². The fourth-order valence-corrected chi connectivity index (χ4v) is 3.26. The van der Waals surface area contributed by atoms with Gasteiger partial charge in [-0.25, -0.2) is 8.78 Å². The maximum atomic E-state index is 13.6. The number of carbonyl (C=O) groups is 2. The summed E-state index contributed by atoms with van der Waals surface area (Å²) in [6.45, 7) is 4.40. The molecule has 7 heteroatoms. The number of halogens is 2. The number of hydrogen-bond donors (Lipinski definition) is 2. The van der Waals surface area contributed by atoms with Crippen molar-refractivity contribution in [3.8, 4) is 0 Å². The van der Waals surface area contributed by atoms with Crippen LogP contribution in [0.25, 0.3) is 0 Å². The Hall–Kier alpha value is -2.02. The third-order valence-corrected chi connectivity index (χ3v) is 4.87. The Bertz CT molecular complexity index is 619. The molecule has 0 heterocycles. The molecule has 2 atom stereocenters. The third kappa shape index (κ3) is 5.76. The summed E-state index contributed by atoms with van der Waals surface area (Å²) in [6, 6.07) is 3.57. The van der Waals surface area contributed by atoms with Gasteiger partial charge in [-0.05, 0) is 37.4 Å². The lowest BCUT2D eigenvalue weighted by Crippen LogP contribution is -2.47. The highest BCUT2D eigenvalue weighted by Gasteiger charge is 2.24. The van der Waals surface area contributed by atoms with E-state index in [4.69, 9.17) is 0 Å². The smallest absolute Gasteiger partial charge is 0.238 e. The summed E-state index contributed by atoms with van der Waals surface area (Å²) >= 11 is 0. The number of anilines is 1. The molecular weight excluding hydrogens is 340 g/mol. The molecule has 0 saturated heterocycles. The first-order valence-electron chi connectivity index (χ1n) is 9.16. The minimum atomic E-state index is -0.828. The molecule has 26 heavy (non-hydrogen) atoms. The molecule has 1 aromatic rings. The Morgan fingerprint density at radius 3 is 2.35 bits per heavy atom. The van der Waals surface area contributed by atoms with Crippen molar-refractivity contribution in [1.82, 2.24) is 10.2 Å². The second-order valence-corrected chi connectivity index (χ2v) is 6.88. The summed E-state index contributed by atoms with van der Waals surface area (Å²) in [5.41, 5.74) is -0.464. The van der Waals surface area contributed by atoms with Gasteiger partial charge in [0.2, 0.25) is 11.8 Å². The summed E-state index contributed by atoms with van der Waals surface area (Å²) in [5.74, 6) is -1.89. The van der Waals surface area contributed by atoms with E-state index in [1.54, 1.807) is 4.90 Å². The highest BCUT2D eigenvalue weighted by Crippen LogP contribution is 2.23. The average molecular weight is 367 g/mol. The standard InChI is InChI=1S/C19H27F2N3O2/c1-3-24(11-17(25)22-16-10-5-4-7-13(16)2)12-18(26)23-19-14(20)8-6-9-15(19)21/h6,8-9,13,16H,3-5,7,10-12H2,1-2H3,(H,22,25)(H,23,26). The summed E-state index contributed by atoms with van der Waals surface area (Å²) in [7, 11) is 0. The normalized spacial score (nSPS) is 20.0. The first-order chi connectivity index (χ1) is 12.4. The zero-order chi connectivity index (χ0) is 19.1. The zero-order valence-corrected chi connectivity index (χ0v) is 15.4. The van der Waals surface area contributed by atoms with E-state index in [0.717, 1.165) is 31.4 Å². The van der Waals surface area contributed by atoms with Gasteiger partial charge >= 0.3 is 0 Å². The molecule has 0 spiro atoms. The van der Waals surface area contributed by atoms with E-state index in [2.05, 4.69) is 17.6 Å². The molecule has 1 aliphatic carbocycles. The molecule has 0 aromatic heterocycles. The van der Waals surface area contributed by atoms with Gasteiger partial charge in [0.05, 0.1) is 13.1 Å². The van der Waals surface area contributed by atoms with E-state index in [1.807, 2.05) is 6.92 Å². The predicted molar refractivity (Wildman–Crippen MR) is 96.7 cm³/mol. The molecule has 0 bridgehead atoms. The van der Waals surface area contributed by atoms with Gasteiger partial charge in [-0.15, -0.1) is 0 Å². The van der Waals surface area contributed by atoms with Crippen LogP contribution in [0.2, 0.25) is 0 Å². The van der Waals surface area contributed by atoms with Crippen molar-refractivity contribution in [3.63, 3.8) is 0 Å². The van der Waals surface area contributed by atoms with Crippen molar-refractivity contribution in [2.45, 2.75) is 45.6 Å². The fraction of sp³-hybridized carbons (Fsp3) is 0.579. The van der Waals surface area contributed by atoms with Crippen molar-refractivity contribution in [2.75, 3.05) is 25.0 Å². The van der Waals surface area contributed by atoms with Crippen LogP contribution in [0.15, 0.2) is 18.2 Å². The highest BCUT2D eigenvalue weighted by molar-refractivity contribution is 5.92. The minimum absolute atomic E-state index is 0.0763. The Morgan fingerprint density at radius 1 is 1.12 bits per heavy atom. The number of hydrogen-bond acceptors (Lipinski definition) is 3. The SMILES string of the molecule is CCN(CC(=O)Nc1c(F)cccc1F)CC(=O)NC1CCCCC1C. The Morgan fingerprint density at radius 2 is 1.73 bits per heavy atom. The molecule has 2 unspecified atom stereocenters. The molecule has 0 radical (unpaired) electrons. The van der Waals surface area contributed by atoms with E-state index in [9.17, 15) is 18.4 Å². The third-order valence-electron chi connectivity index (χ3n) is 4.87. The number of benzene rings is 1. The summed E-state index contributed by atoms with van der Waals surface area (Å²) in [5, 5.41) is 5.28. The van der Waals surface area contributed by atoms with Crippen molar-refractivity contribution in [3.05, 3.63) is 29.8 Å². The lowest BCUT2D eigenvalue weighted by atomic mass is 9.86. The van der Waals surface area contributed by atoms with Crippen LogP contribution in [-0.4, -0.2) is 42.4 Å². The predicted octanol–water partition coefficient (Wildman–Crippen LogP) is 2.92. The van der Waals surface area contributed by atoms with Gasteiger partial charge in [0.1, 0.15) is 17.3 Å². The zero-order valence-electron chi connectivity index (χ0n) is 15.4. The molecule has 1 fully saturated rings.